The number of likely N-dealkylation sites (tertiary alicyclic amines) is 1. The zero-order valence-electron chi connectivity index (χ0n) is 24.2. The number of rotatable bonds is 11. The Bertz CT molecular complexity index is 1440. The number of carboxylic acids is 1. The zero-order valence-corrected chi connectivity index (χ0v) is 25.8. The van der Waals surface area contributed by atoms with E-state index < -0.39 is 45.3 Å². The van der Waals surface area contributed by atoms with Crippen molar-refractivity contribution in [2.75, 3.05) is 19.6 Å². The molecule has 2 fully saturated rings. The fraction of sp³-hybridized carbons (Fsp3) is 0.517. The Morgan fingerprint density at radius 2 is 1.67 bits per heavy atom. The number of carbonyl (C=O) groups is 3. The summed E-state index contributed by atoms with van der Waals surface area (Å²) < 4.78 is 28.9. The van der Waals surface area contributed by atoms with Gasteiger partial charge in [-0.2, -0.15) is 0 Å². The molecule has 2 atom stereocenters. The van der Waals surface area contributed by atoms with Gasteiger partial charge in [0.1, 0.15) is 0 Å². The largest absolute Gasteiger partial charge is 0.479 e. The van der Waals surface area contributed by atoms with E-state index in [4.69, 9.17) is 11.1 Å². The highest BCUT2D eigenvalue weighted by Crippen LogP contribution is 2.24. The fourth-order valence-electron chi connectivity index (χ4n) is 5.83. The molecule has 0 spiro atoms. The minimum atomic E-state index is -4.24. The van der Waals surface area contributed by atoms with Crippen molar-refractivity contribution in [3.05, 3.63) is 42.5 Å². The van der Waals surface area contributed by atoms with Crippen LogP contribution < -0.4 is 21.1 Å². The van der Waals surface area contributed by atoms with Crippen LogP contribution in [-0.4, -0.2) is 79.3 Å². The average Bonchev–Trinajstić information content (AvgIpc) is 2.98. The molecule has 1 aliphatic carbocycles. The lowest BCUT2D eigenvalue weighted by Crippen LogP contribution is -2.72. The molecule has 1 heterocycles. The Labute approximate surface area is 258 Å². The second-order valence-corrected chi connectivity index (χ2v) is 13.0. The number of piperidine rings is 1. The Kier molecular flexibility index (Phi) is 11.5. The number of halogens is 1. The number of nitrogens with one attached hydrogen (secondary N) is 4. The Morgan fingerprint density at radius 3 is 2.28 bits per heavy atom. The highest BCUT2D eigenvalue weighted by molar-refractivity contribution is 7.89. The van der Waals surface area contributed by atoms with Gasteiger partial charge < -0.3 is 21.1 Å². The van der Waals surface area contributed by atoms with Gasteiger partial charge in [0.2, 0.25) is 10.0 Å². The van der Waals surface area contributed by atoms with Gasteiger partial charge in [-0.05, 0) is 61.4 Å². The van der Waals surface area contributed by atoms with E-state index >= 15 is 0 Å². The topological polar surface area (TPSA) is 195 Å². The number of amides is 1. The van der Waals surface area contributed by atoms with Crippen LogP contribution in [0.25, 0.3) is 10.8 Å². The number of benzene rings is 2. The number of Topliss-reactive ketones (excluding diaryl/α,β-unsaturated/α-hetero) is 1. The summed E-state index contributed by atoms with van der Waals surface area (Å²) >= 11 is 0. The van der Waals surface area contributed by atoms with E-state index in [-0.39, 0.29) is 35.7 Å². The summed E-state index contributed by atoms with van der Waals surface area (Å²) in [5.41, 5.74) is 2.87. The number of carbonyl (C=O) groups excluding carboxylic acids is 2. The summed E-state index contributed by atoms with van der Waals surface area (Å²) in [4.78, 5) is 42.2. The number of ketones is 1. The lowest BCUT2D eigenvalue weighted by molar-refractivity contribution is -0.157. The molecule has 236 valence electrons. The van der Waals surface area contributed by atoms with Gasteiger partial charge in [-0.15, -0.1) is 12.4 Å². The van der Waals surface area contributed by atoms with Crippen LogP contribution in [0, 0.1) is 11.3 Å². The van der Waals surface area contributed by atoms with Crippen LogP contribution in [0.5, 0.6) is 0 Å². The first-order chi connectivity index (χ1) is 19.9. The van der Waals surface area contributed by atoms with Crippen molar-refractivity contribution in [1.29, 1.82) is 5.41 Å². The number of nitrogens with two attached hydrogens (primary N) is 1. The predicted molar refractivity (Wildman–Crippen MR) is 166 cm³/mol. The Hall–Kier alpha value is -3.26. The molecule has 2 aromatic rings. The van der Waals surface area contributed by atoms with Crippen molar-refractivity contribution in [3.8, 4) is 0 Å². The number of guanidine groups is 1. The molecule has 2 aliphatic rings. The molecule has 14 heteroatoms. The van der Waals surface area contributed by atoms with Crippen molar-refractivity contribution >= 4 is 56.8 Å². The van der Waals surface area contributed by atoms with E-state index in [0.29, 0.717) is 44.2 Å². The Balaban J connectivity index is 0.00000506. The van der Waals surface area contributed by atoms with E-state index in [2.05, 4.69) is 15.4 Å². The van der Waals surface area contributed by atoms with Gasteiger partial charge in [-0.1, -0.05) is 49.6 Å². The minimum absolute atomic E-state index is 0. The summed E-state index contributed by atoms with van der Waals surface area (Å²) in [6, 6.07) is 9.83. The van der Waals surface area contributed by atoms with E-state index in [0.717, 1.165) is 24.6 Å². The van der Waals surface area contributed by atoms with Crippen LogP contribution in [0.15, 0.2) is 47.4 Å². The predicted octanol–water partition coefficient (Wildman–Crippen LogP) is 1.96. The molecule has 43 heavy (non-hydrogen) atoms. The third-order valence-electron chi connectivity index (χ3n) is 8.32. The van der Waals surface area contributed by atoms with Crippen molar-refractivity contribution in [3.63, 3.8) is 0 Å². The molecule has 12 nitrogen and oxygen atoms in total. The number of sulfonamides is 1. The monoisotopic (exact) mass is 636 g/mol. The van der Waals surface area contributed by atoms with Crippen molar-refractivity contribution in [1.82, 2.24) is 20.3 Å². The van der Waals surface area contributed by atoms with Crippen molar-refractivity contribution < 1.29 is 27.9 Å². The number of fused-ring (bicyclic) bond motifs is 1. The fourth-order valence-corrected chi connectivity index (χ4v) is 7.07. The standard InChI is InChI=1S/C29H40N6O6S.ClH/c1-19(34-42(40,41)24-12-11-21-7-5-6-8-22(21)17-24)25(36)29(27(38)39,33-23-9-3-2-4-10-23)26(37)32-18-20-13-15-35(16-14-20)28(30)31;/h5-8,11-12,17,19-20,23,33-34H,2-4,9-10,13-16,18H2,1H3,(H3,30,31)(H,32,37)(H,38,39);1H. The van der Waals surface area contributed by atoms with Crippen molar-refractivity contribution in [2.24, 2.45) is 11.7 Å². The van der Waals surface area contributed by atoms with E-state index in [1.54, 1.807) is 23.1 Å². The first-order valence-electron chi connectivity index (χ1n) is 14.4. The number of carboxylic acid groups (broad SMARTS) is 1. The molecule has 4 rings (SSSR count). The molecular formula is C29H41ClN6O6S. The normalized spacial score (nSPS) is 18.7. The first kappa shape index (κ1) is 34.2. The third-order valence-corrected chi connectivity index (χ3v) is 9.86. The molecule has 1 saturated carbocycles. The van der Waals surface area contributed by atoms with E-state index in [9.17, 15) is 27.9 Å². The first-order valence-corrected chi connectivity index (χ1v) is 15.9. The zero-order chi connectivity index (χ0) is 30.5. The molecule has 7 N–H and O–H groups in total. The molecule has 1 amide bonds. The van der Waals surface area contributed by atoms with Crippen LogP contribution in [-0.2, 0) is 24.4 Å². The molecule has 1 saturated heterocycles. The summed E-state index contributed by atoms with van der Waals surface area (Å²) in [6.07, 6.45) is 5.06. The lowest BCUT2D eigenvalue weighted by atomic mass is 9.85. The quantitative estimate of drug-likeness (QED) is 0.121. The molecule has 0 bridgehead atoms. The maximum atomic E-state index is 13.9. The van der Waals surface area contributed by atoms with Crippen LogP contribution in [0.3, 0.4) is 0 Å². The summed E-state index contributed by atoms with van der Waals surface area (Å²) in [5, 5.41) is 25.1. The molecule has 2 aromatic carbocycles. The molecule has 0 radical (unpaired) electrons. The van der Waals surface area contributed by atoms with E-state index in [1.807, 2.05) is 12.1 Å². The van der Waals surface area contributed by atoms with Crippen LogP contribution >= 0.6 is 12.4 Å². The summed E-state index contributed by atoms with van der Waals surface area (Å²) in [5.74, 6) is -3.81. The van der Waals surface area contributed by atoms with Gasteiger partial charge in [0, 0.05) is 25.7 Å². The maximum Gasteiger partial charge on any atom is 0.341 e. The van der Waals surface area contributed by atoms with Gasteiger partial charge in [-0.3, -0.25) is 20.3 Å². The van der Waals surface area contributed by atoms with E-state index in [1.165, 1.54) is 19.1 Å². The van der Waals surface area contributed by atoms with Crippen LogP contribution in [0.2, 0.25) is 0 Å². The number of aliphatic carboxylic acids is 1. The highest BCUT2D eigenvalue weighted by atomic mass is 35.5. The van der Waals surface area contributed by atoms with Gasteiger partial charge in [0.15, 0.2) is 11.7 Å². The SMILES string of the molecule is CC(NS(=O)(=O)c1ccc2ccccc2c1)C(=O)C(NC1CCCCC1)(C(=O)O)C(=O)NCC1CCN(C(=N)N)CC1.Cl. The maximum absolute atomic E-state index is 13.9. The minimum Gasteiger partial charge on any atom is -0.479 e. The highest BCUT2D eigenvalue weighted by Gasteiger charge is 2.56. The average molecular weight is 637 g/mol. The lowest BCUT2D eigenvalue weighted by Gasteiger charge is -2.36. The second-order valence-electron chi connectivity index (χ2n) is 11.3. The summed E-state index contributed by atoms with van der Waals surface area (Å²) in [7, 11) is -4.24. The van der Waals surface area contributed by atoms with Gasteiger partial charge in [0.05, 0.1) is 10.9 Å². The molecule has 2 unspecified atom stereocenters. The van der Waals surface area contributed by atoms with Crippen LogP contribution in [0.4, 0.5) is 0 Å². The smallest absolute Gasteiger partial charge is 0.341 e. The molecule has 1 aliphatic heterocycles. The number of hydrogen-bond acceptors (Lipinski definition) is 7. The van der Waals surface area contributed by atoms with Crippen LogP contribution in [0.1, 0.15) is 51.9 Å². The Morgan fingerprint density at radius 1 is 1.05 bits per heavy atom. The third kappa shape index (κ3) is 7.83. The number of nitrogens with zero attached hydrogens (tertiary/aromatic N) is 1. The number of hydrogen-bond donors (Lipinski definition) is 6. The molecular weight excluding hydrogens is 596 g/mol. The second kappa shape index (κ2) is 14.5. The van der Waals surface area contributed by atoms with Gasteiger partial charge in [0.25, 0.3) is 11.4 Å². The van der Waals surface area contributed by atoms with Gasteiger partial charge in [-0.25, -0.2) is 17.9 Å². The van der Waals surface area contributed by atoms with Crippen molar-refractivity contribution in [2.45, 2.75) is 74.4 Å². The molecule has 0 aromatic heterocycles. The summed E-state index contributed by atoms with van der Waals surface area (Å²) in [6.45, 7) is 2.46. The van der Waals surface area contributed by atoms with Gasteiger partial charge >= 0.3 is 5.97 Å².